The Hall–Kier alpha value is -1.07. The molecular formula is C10H13NO3S. The molecule has 1 heterocycles. The molecular weight excluding hydrogens is 214 g/mol. The third-order valence-corrected chi connectivity index (χ3v) is 4.43. The number of sulfonamides is 1. The highest BCUT2D eigenvalue weighted by Gasteiger charge is 2.28. The molecule has 2 rings (SSSR count). The van der Waals surface area contributed by atoms with E-state index < -0.39 is 10.0 Å². The minimum absolute atomic E-state index is 0.268. The fourth-order valence-electron chi connectivity index (χ4n) is 1.63. The van der Waals surface area contributed by atoms with E-state index in [9.17, 15) is 8.42 Å². The summed E-state index contributed by atoms with van der Waals surface area (Å²) < 4.78 is 31.0. The van der Waals surface area contributed by atoms with Crippen LogP contribution in [0.25, 0.3) is 0 Å². The quantitative estimate of drug-likeness (QED) is 0.721. The third-order valence-electron chi connectivity index (χ3n) is 2.42. The highest BCUT2D eigenvalue weighted by Crippen LogP contribution is 2.28. The maximum absolute atomic E-state index is 12.1. The number of hydrogen-bond donors (Lipinski definition) is 0. The zero-order valence-electron chi connectivity index (χ0n) is 8.51. The van der Waals surface area contributed by atoms with Gasteiger partial charge in [-0.2, -0.15) is 4.31 Å². The van der Waals surface area contributed by atoms with Gasteiger partial charge in [0.25, 0.3) is 0 Å². The summed E-state index contributed by atoms with van der Waals surface area (Å²) in [6, 6.07) is 6.75. The monoisotopic (exact) mass is 227 g/mol. The molecule has 1 aliphatic rings. The van der Waals surface area contributed by atoms with Gasteiger partial charge in [-0.15, -0.1) is 0 Å². The molecule has 0 atom stereocenters. The van der Waals surface area contributed by atoms with E-state index in [0.29, 0.717) is 25.4 Å². The van der Waals surface area contributed by atoms with Crippen molar-refractivity contribution < 1.29 is 13.2 Å². The van der Waals surface area contributed by atoms with Gasteiger partial charge in [-0.05, 0) is 12.1 Å². The van der Waals surface area contributed by atoms with Crippen LogP contribution in [0.15, 0.2) is 29.2 Å². The molecule has 0 spiro atoms. The van der Waals surface area contributed by atoms with Crippen molar-refractivity contribution in [2.24, 2.45) is 0 Å². The van der Waals surface area contributed by atoms with Gasteiger partial charge in [0.1, 0.15) is 17.3 Å². The van der Waals surface area contributed by atoms with Crippen LogP contribution >= 0.6 is 0 Å². The molecule has 0 fully saturated rings. The summed E-state index contributed by atoms with van der Waals surface area (Å²) in [4.78, 5) is 0.268. The lowest BCUT2D eigenvalue weighted by Crippen LogP contribution is -2.32. The second kappa shape index (κ2) is 3.83. The first-order chi connectivity index (χ1) is 7.16. The van der Waals surface area contributed by atoms with Gasteiger partial charge >= 0.3 is 0 Å². The molecule has 0 saturated carbocycles. The van der Waals surface area contributed by atoms with E-state index in [2.05, 4.69) is 0 Å². The van der Waals surface area contributed by atoms with Gasteiger partial charge in [-0.25, -0.2) is 8.42 Å². The van der Waals surface area contributed by atoms with E-state index in [0.717, 1.165) is 0 Å². The van der Waals surface area contributed by atoms with Crippen molar-refractivity contribution in [1.29, 1.82) is 0 Å². The first kappa shape index (κ1) is 10.4. The Bertz CT molecular complexity index is 455. The van der Waals surface area contributed by atoms with Crippen molar-refractivity contribution >= 4 is 10.0 Å². The molecule has 5 heteroatoms. The number of likely N-dealkylation sites (N-methyl/N-ethyl adjacent to an activating group) is 1. The van der Waals surface area contributed by atoms with Crippen molar-refractivity contribution in [3.8, 4) is 5.75 Å². The number of benzene rings is 1. The minimum Gasteiger partial charge on any atom is -0.491 e. The Morgan fingerprint density at radius 2 is 2.13 bits per heavy atom. The van der Waals surface area contributed by atoms with Gasteiger partial charge in [0.05, 0.1) is 0 Å². The molecule has 4 nitrogen and oxygen atoms in total. The van der Waals surface area contributed by atoms with Crippen LogP contribution < -0.4 is 4.74 Å². The van der Waals surface area contributed by atoms with Gasteiger partial charge in [0, 0.05) is 13.1 Å². The smallest absolute Gasteiger partial charge is 0.246 e. The molecule has 0 saturated heterocycles. The number of fused-ring (bicyclic) bond motifs is 1. The third kappa shape index (κ3) is 1.72. The Balaban J connectivity index is 2.58. The Morgan fingerprint density at radius 3 is 2.87 bits per heavy atom. The normalized spacial score (nSPS) is 20.1. The number of para-hydroxylation sites is 1. The lowest BCUT2D eigenvalue weighted by Gasteiger charge is -2.16. The topological polar surface area (TPSA) is 46.6 Å². The largest absolute Gasteiger partial charge is 0.491 e. The zero-order valence-corrected chi connectivity index (χ0v) is 9.33. The van der Waals surface area contributed by atoms with Crippen LogP contribution in [0, 0.1) is 0 Å². The standard InChI is InChI=1S/C10H13NO3S/c1-2-11-7-8-14-9-5-3-4-6-10(9)15(11,12)13/h3-6H,2,7-8H2,1H3. The Morgan fingerprint density at radius 1 is 1.40 bits per heavy atom. The van der Waals surface area contributed by atoms with Crippen LogP contribution in [0.5, 0.6) is 5.75 Å². The van der Waals surface area contributed by atoms with Crippen LogP contribution in [-0.2, 0) is 10.0 Å². The van der Waals surface area contributed by atoms with Crippen molar-refractivity contribution in [2.45, 2.75) is 11.8 Å². The van der Waals surface area contributed by atoms with Crippen molar-refractivity contribution in [2.75, 3.05) is 19.7 Å². The maximum Gasteiger partial charge on any atom is 0.246 e. The van der Waals surface area contributed by atoms with E-state index in [1.807, 2.05) is 6.92 Å². The molecule has 0 unspecified atom stereocenters. The number of hydrogen-bond acceptors (Lipinski definition) is 3. The fraction of sp³-hybridized carbons (Fsp3) is 0.400. The summed E-state index contributed by atoms with van der Waals surface area (Å²) in [5.41, 5.74) is 0. The summed E-state index contributed by atoms with van der Waals surface area (Å²) in [7, 11) is -3.36. The average Bonchev–Trinajstić information content (AvgIpc) is 2.36. The minimum atomic E-state index is -3.36. The average molecular weight is 227 g/mol. The van der Waals surface area contributed by atoms with Gasteiger partial charge in [0.2, 0.25) is 10.0 Å². The van der Waals surface area contributed by atoms with Crippen LogP contribution in [0.3, 0.4) is 0 Å². The van der Waals surface area contributed by atoms with Crippen LogP contribution in [0.4, 0.5) is 0 Å². The molecule has 0 aromatic heterocycles. The lowest BCUT2D eigenvalue weighted by molar-refractivity contribution is 0.284. The molecule has 15 heavy (non-hydrogen) atoms. The van der Waals surface area contributed by atoms with Crippen LogP contribution in [0.1, 0.15) is 6.92 Å². The van der Waals surface area contributed by atoms with Crippen molar-refractivity contribution in [3.05, 3.63) is 24.3 Å². The number of rotatable bonds is 1. The molecule has 0 radical (unpaired) electrons. The first-order valence-electron chi connectivity index (χ1n) is 4.88. The van der Waals surface area contributed by atoms with Gasteiger partial charge in [-0.3, -0.25) is 0 Å². The Kier molecular flexibility index (Phi) is 2.67. The second-order valence-electron chi connectivity index (χ2n) is 3.29. The van der Waals surface area contributed by atoms with Gasteiger partial charge in [-0.1, -0.05) is 19.1 Å². The lowest BCUT2D eigenvalue weighted by atomic mass is 10.3. The molecule has 1 aromatic carbocycles. The van der Waals surface area contributed by atoms with E-state index in [-0.39, 0.29) is 4.90 Å². The van der Waals surface area contributed by atoms with Gasteiger partial charge < -0.3 is 4.74 Å². The van der Waals surface area contributed by atoms with Crippen LogP contribution in [-0.4, -0.2) is 32.4 Å². The molecule has 1 aliphatic heterocycles. The SMILES string of the molecule is CCN1CCOc2ccccc2S1(=O)=O. The molecule has 1 aromatic rings. The summed E-state index contributed by atoms with van der Waals surface area (Å²) in [6.07, 6.45) is 0. The Labute approximate surface area is 89.5 Å². The maximum atomic E-state index is 12.1. The summed E-state index contributed by atoms with van der Waals surface area (Å²) in [5.74, 6) is 0.452. The first-order valence-corrected chi connectivity index (χ1v) is 6.32. The van der Waals surface area contributed by atoms with Gasteiger partial charge in [0.15, 0.2) is 0 Å². The number of nitrogens with zero attached hydrogens (tertiary/aromatic N) is 1. The highest BCUT2D eigenvalue weighted by atomic mass is 32.2. The molecule has 0 aliphatic carbocycles. The number of ether oxygens (including phenoxy) is 1. The summed E-state index contributed by atoms with van der Waals surface area (Å²) in [6.45, 7) is 3.11. The predicted octanol–water partition coefficient (Wildman–Crippen LogP) is 1.09. The molecule has 82 valence electrons. The van der Waals surface area contributed by atoms with Crippen molar-refractivity contribution in [1.82, 2.24) is 4.31 Å². The van der Waals surface area contributed by atoms with Crippen LogP contribution in [0.2, 0.25) is 0 Å². The summed E-state index contributed by atoms with van der Waals surface area (Å²) in [5, 5.41) is 0. The zero-order chi connectivity index (χ0) is 10.9. The molecule has 0 bridgehead atoms. The molecule has 0 amide bonds. The van der Waals surface area contributed by atoms with E-state index in [4.69, 9.17) is 4.74 Å². The summed E-state index contributed by atoms with van der Waals surface area (Å²) >= 11 is 0. The van der Waals surface area contributed by atoms with E-state index in [1.165, 1.54) is 4.31 Å². The predicted molar refractivity (Wildman–Crippen MR) is 56.4 cm³/mol. The van der Waals surface area contributed by atoms with E-state index >= 15 is 0 Å². The van der Waals surface area contributed by atoms with Crippen molar-refractivity contribution in [3.63, 3.8) is 0 Å². The second-order valence-corrected chi connectivity index (χ2v) is 5.20. The highest BCUT2D eigenvalue weighted by molar-refractivity contribution is 7.89. The van der Waals surface area contributed by atoms with E-state index in [1.54, 1.807) is 24.3 Å². The molecule has 0 N–H and O–H groups in total. The fourth-order valence-corrected chi connectivity index (χ4v) is 3.19.